The topological polar surface area (TPSA) is 195 Å². The highest BCUT2D eigenvalue weighted by Gasteiger charge is 2.51. The van der Waals surface area contributed by atoms with Crippen molar-refractivity contribution in [3.05, 3.63) is 106 Å². The third-order valence-corrected chi connectivity index (χ3v) is 13.3. The number of fused-ring (bicyclic) bond motifs is 1. The zero-order valence-electron chi connectivity index (χ0n) is 37.0. The van der Waals surface area contributed by atoms with Gasteiger partial charge in [0.05, 0.1) is 46.5 Å². The number of amides is 5. The van der Waals surface area contributed by atoms with Crippen LogP contribution in [0.1, 0.15) is 93.5 Å². The Balaban J connectivity index is 0.736. The van der Waals surface area contributed by atoms with Crippen LogP contribution in [0, 0.1) is 12.7 Å². The number of aromatic nitrogens is 6. The van der Waals surface area contributed by atoms with Crippen molar-refractivity contribution in [1.82, 2.24) is 55.3 Å². The van der Waals surface area contributed by atoms with Crippen molar-refractivity contribution >= 4 is 35.2 Å². The molecule has 17 nitrogen and oxygen atoms in total. The van der Waals surface area contributed by atoms with Gasteiger partial charge in [-0.2, -0.15) is 23.4 Å². The molecule has 2 aromatic carbocycles. The first kappa shape index (κ1) is 45.3. The number of H-pyrrole nitrogens is 1. The lowest BCUT2D eigenvalue weighted by molar-refractivity contribution is -0.182. The lowest BCUT2D eigenvalue weighted by atomic mass is 9.92. The van der Waals surface area contributed by atoms with Crippen molar-refractivity contribution in [1.29, 1.82) is 0 Å². The number of likely N-dealkylation sites (tertiary alicyclic amines) is 1. The van der Waals surface area contributed by atoms with Crippen molar-refractivity contribution in [2.24, 2.45) is 0 Å². The summed E-state index contributed by atoms with van der Waals surface area (Å²) in [5, 5.41) is 15.3. The minimum absolute atomic E-state index is 0.00468. The zero-order chi connectivity index (χ0) is 47.4. The van der Waals surface area contributed by atoms with E-state index in [4.69, 9.17) is 4.98 Å². The number of carbonyl (C=O) groups excluding carboxylic acids is 5. The number of carbonyl (C=O) groups is 5. The first-order valence-corrected chi connectivity index (χ1v) is 22.1. The molecule has 1 unspecified atom stereocenters. The fourth-order valence-electron chi connectivity index (χ4n) is 9.12. The highest BCUT2D eigenvalue weighted by Crippen LogP contribution is 2.39. The molecule has 3 fully saturated rings. The van der Waals surface area contributed by atoms with Gasteiger partial charge in [-0.25, -0.2) is 14.1 Å². The molecule has 0 aliphatic carbocycles. The van der Waals surface area contributed by atoms with E-state index in [-0.39, 0.29) is 47.6 Å². The van der Waals surface area contributed by atoms with Gasteiger partial charge in [-0.3, -0.25) is 54.1 Å². The monoisotopic (exact) mass is 924 g/mol. The molecular weight excluding hydrogens is 877 g/mol. The van der Waals surface area contributed by atoms with Crippen LogP contribution in [0.5, 0.6) is 0 Å². The molecule has 1 atom stereocenters. The number of anilines is 1. The second-order valence-electron chi connectivity index (χ2n) is 18.0. The number of aromatic amines is 1. The molecule has 5 aromatic rings. The van der Waals surface area contributed by atoms with E-state index < -0.39 is 58.8 Å². The zero-order valence-corrected chi connectivity index (χ0v) is 37.0. The summed E-state index contributed by atoms with van der Waals surface area (Å²) in [7, 11) is 0. The van der Waals surface area contributed by atoms with E-state index in [9.17, 15) is 37.1 Å². The maximum atomic E-state index is 15.5. The Labute approximate surface area is 381 Å². The predicted octanol–water partition coefficient (Wildman–Crippen LogP) is 4.46. The summed E-state index contributed by atoms with van der Waals surface area (Å²) in [5.41, 5.74) is 2.78. The van der Waals surface area contributed by atoms with Crippen LogP contribution in [0.15, 0.2) is 61.1 Å². The maximum absolute atomic E-state index is 15.5. The molecule has 0 bridgehead atoms. The quantitative estimate of drug-likeness (QED) is 0.125. The lowest BCUT2D eigenvalue weighted by Crippen LogP contribution is -2.54. The van der Waals surface area contributed by atoms with Gasteiger partial charge in [-0.15, -0.1) is 0 Å². The minimum atomic E-state index is -4.54. The average molecular weight is 925 g/mol. The number of aryl methyl sites for hydroxylation is 1. The number of halogens is 4. The lowest BCUT2D eigenvalue weighted by Gasteiger charge is -2.43. The molecule has 5 amide bonds. The Bertz CT molecular complexity index is 2750. The van der Waals surface area contributed by atoms with Crippen LogP contribution in [0.25, 0.3) is 16.8 Å². The highest BCUT2D eigenvalue weighted by atomic mass is 19.4. The van der Waals surface area contributed by atoms with Crippen molar-refractivity contribution in [2.45, 2.75) is 83.2 Å². The molecule has 67 heavy (non-hydrogen) atoms. The number of piperazine rings is 1. The van der Waals surface area contributed by atoms with E-state index in [1.165, 1.54) is 12.3 Å². The van der Waals surface area contributed by atoms with E-state index in [1.54, 1.807) is 10.9 Å². The third-order valence-electron chi connectivity index (χ3n) is 13.3. The van der Waals surface area contributed by atoms with Crippen LogP contribution in [0.3, 0.4) is 0 Å². The summed E-state index contributed by atoms with van der Waals surface area (Å²) in [5.74, 6) is -3.96. The molecule has 3 aromatic heterocycles. The summed E-state index contributed by atoms with van der Waals surface area (Å²) < 4.78 is 57.3. The Morgan fingerprint density at radius 1 is 0.866 bits per heavy atom. The SMILES string of the molecule is Cc1cc(-c2ccc(CN3CCC(N4CCN(c5cc6c(cc5F)C(=O)N(C5CCC(=O)NC5=O)C6=O)CC4)CC3)nc2)ccc1-n1cc(C(=O)NCc2nc(C(C)(C)C(F)(F)F)n[nH]2)cn1. The molecule has 21 heteroatoms. The molecule has 9 rings (SSSR count). The van der Waals surface area contributed by atoms with Crippen LogP contribution >= 0.6 is 0 Å². The largest absolute Gasteiger partial charge is 0.401 e. The number of imide groups is 2. The number of alkyl halides is 3. The molecule has 3 saturated heterocycles. The summed E-state index contributed by atoms with van der Waals surface area (Å²) in [6.45, 7) is 8.81. The van der Waals surface area contributed by atoms with Crippen molar-refractivity contribution < 1.29 is 41.5 Å². The first-order chi connectivity index (χ1) is 31.9. The molecule has 0 spiro atoms. The molecule has 7 heterocycles. The van der Waals surface area contributed by atoms with Gasteiger partial charge in [-0.1, -0.05) is 12.1 Å². The number of nitrogens with one attached hydrogen (secondary N) is 3. The van der Waals surface area contributed by atoms with Crippen LogP contribution in [-0.4, -0.2) is 132 Å². The van der Waals surface area contributed by atoms with Gasteiger partial charge in [-0.05, 0) is 81.5 Å². The Kier molecular flexibility index (Phi) is 12.0. The van der Waals surface area contributed by atoms with Gasteiger partial charge in [0.15, 0.2) is 5.82 Å². The molecule has 350 valence electrons. The first-order valence-electron chi connectivity index (χ1n) is 22.1. The Morgan fingerprint density at radius 3 is 2.25 bits per heavy atom. The second-order valence-corrected chi connectivity index (χ2v) is 18.0. The van der Waals surface area contributed by atoms with Crippen molar-refractivity contribution in [3.63, 3.8) is 0 Å². The van der Waals surface area contributed by atoms with E-state index in [0.29, 0.717) is 38.8 Å². The van der Waals surface area contributed by atoms with Crippen LogP contribution < -0.4 is 15.5 Å². The molecule has 0 radical (unpaired) electrons. The number of pyridine rings is 1. The Hall–Kier alpha value is -6.87. The van der Waals surface area contributed by atoms with Crippen LogP contribution in [0.4, 0.5) is 23.2 Å². The highest BCUT2D eigenvalue weighted by molar-refractivity contribution is 6.23. The van der Waals surface area contributed by atoms with Gasteiger partial charge >= 0.3 is 6.18 Å². The number of nitrogens with zero attached hydrogens (tertiary/aromatic N) is 9. The normalized spacial score (nSPS) is 19.0. The predicted molar refractivity (Wildman–Crippen MR) is 233 cm³/mol. The number of piperidine rings is 2. The van der Waals surface area contributed by atoms with Gasteiger partial charge in [0.25, 0.3) is 17.7 Å². The number of hydrogen-bond acceptors (Lipinski definition) is 12. The molecule has 0 saturated carbocycles. The summed E-state index contributed by atoms with van der Waals surface area (Å²) in [6.07, 6.45) is 2.29. The van der Waals surface area contributed by atoms with Gasteiger partial charge in [0.2, 0.25) is 11.8 Å². The number of rotatable bonds is 11. The van der Waals surface area contributed by atoms with E-state index in [1.807, 2.05) is 48.4 Å². The fraction of sp³-hybridized carbons (Fsp3) is 0.413. The second kappa shape index (κ2) is 17.7. The third kappa shape index (κ3) is 8.92. The Morgan fingerprint density at radius 2 is 1.58 bits per heavy atom. The van der Waals surface area contributed by atoms with Gasteiger partial charge < -0.3 is 10.2 Å². The molecule has 3 N–H and O–H groups in total. The summed E-state index contributed by atoms with van der Waals surface area (Å²) >= 11 is 0. The number of benzene rings is 2. The average Bonchev–Trinajstić information content (AvgIpc) is 4.05. The van der Waals surface area contributed by atoms with Crippen molar-refractivity contribution in [3.8, 4) is 16.8 Å². The summed E-state index contributed by atoms with van der Waals surface area (Å²) in [6, 6.07) is 11.7. The maximum Gasteiger partial charge on any atom is 0.401 e. The van der Waals surface area contributed by atoms with Gasteiger partial charge in [0.1, 0.15) is 23.1 Å². The van der Waals surface area contributed by atoms with Crippen molar-refractivity contribution in [2.75, 3.05) is 44.2 Å². The fourth-order valence-corrected chi connectivity index (χ4v) is 9.12. The minimum Gasteiger partial charge on any atom is -0.367 e. The molecular formula is C46H48F4N12O5. The van der Waals surface area contributed by atoms with Crippen LogP contribution in [-0.2, 0) is 28.1 Å². The smallest absolute Gasteiger partial charge is 0.367 e. The van der Waals surface area contributed by atoms with E-state index >= 15 is 4.39 Å². The van der Waals surface area contributed by atoms with Gasteiger partial charge in [0, 0.05) is 76.2 Å². The standard InChI is InChI=1S/C46H48F4N12O5/c1-26-18-27(5-7-35(26)61-24-29(22-53-61)40(64)52-23-38-54-44(57-56-38)45(2,3)46(48,49)50)28-4-6-30(51-21-28)25-58-12-10-31(11-13-58)59-14-16-60(17-15-59)37-20-33-32(19-34(37)47)42(66)62(43(33)67)36-8-9-39(63)55-41(36)65/h4-7,18-22,24,31,36H,8-17,23,25H2,1-3H3,(H,52,64)(H,54,56,57)(H,55,63,65). The van der Waals surface area contributed by atoms with E-state index in [2.05, 4.69) is 40.7 Å². The van der Waals surface area contributed by atoms with Crippen LogP contribution in [0.2, 0.25) is 0 Å². The molecule has 4 aliphatic rings. The number of hydrogen-bond donors (Lipinski definition) is 3. The van der Waals surface area contributed by atoms with E-state index in [0.717, 1.165) is 78.8 Å². The molecule has 4 aliphatic heterocycles. The summed E-state index contributed by atoms with van der Waals surface area (Å²) in [4.78, 5) is 79.7.